The van der Waals surface area contributed by atoms with Gasteiger partial charge in [-0.15, -0.1) is 0 Å². The standard InChI is InChI=1S/C11H12BrNOSe/c1-11(2)7-14-10(13-11)8-5-3-4-6-9(8)15-12/h3-6H,7H2,1-2H3. The first kappa shape index (κ1) is 11.2. The van der Waals surface area contributed by atoms with E-state index in [-0.39, 0.29) is 5.54 Å². The number of rotatable bonds is 2. The molecule has 80 valence electrons. The summed E-state index contributed by atoms with van der Waals surface area (Å²) in [4.78, 5) is 4.58. The Hall–Kier alpha value is -0.311. The second-order valence-corrected chi connectivity index (χ2v) is 7.02. The quantitative estimate of drug-likeness (QED) is 0.758. The van der Waals surface area contributed by atoms with Crippen LogP contribution in [0, 0.1) is 0 Å². The first-order chi connectivity index (χ1) is 7.12. The molecular weight excluding hydrogens is 321 g/mol. The van der Waals surface area contributed by atoms with E-state index in [2.05, 4.69) is 45.1 Å². The van der Waals surface area contributed by atoms with Gasteiger partial charge in [0, 0.05) is 0 Å². The van der Waals surface area contributed by atoms with Crippen LogP contribution in [0.3, 0.4) is 0 Å². The van der Waals surface area contributed by atoms with Gasteiger partial charge >= 0.3 is 103 Å². The first-order valence-corrected chi connectivity index (χ1v) is 9.60. The van der Waals surface area contributed by atoms with Gasteiger partial charge < -0.3 is 0 Å². The van der Waals surface area contributed by atoms with Gasteiger partial charge in [0.25, 0.3) is 0 Å². The maximum atomic E-state index is 5.64. The molecule has 0 amide bonds. The van der Waals surface area contributed by atoms with Crippen LogP contribution in [-0.4, -0.2) is 31.2 Å². The van der Waals surface area contributed by atoms with E-state index in [0.717, 1.165) is 11.5 Å². The summed E-state index contributed by atoms with van der Waals surface area (Å²) < 4.78 is 6.92. The van der Waals surface area contributed by atoms with Crippen molar-refractivity contribution in [3.63, 3.8) is 0 Å². The van der Waals surface area contributed by atoms with Crippen molar-refractivity contribution in [3.8, 4) is 0 Å². The molecule has 1 aromatic carbocycles. The molecule has 2 nitrogen and oxygen atoms in total. The molecule has 0 radical (unpaired) electrons. The number of hydrogen-bond acceptors (Lipinski definition) is 2. The summed E-state index contributed by atoms with van der Waals surface area (Å²) in [5, 5.41) is 0. The summed E-state index contributed by atoms with van der Waals surface area (Å²) in [7, 11) is 0. The Bertz CT molecular complexity index is 403. The van der Waals surface area contributed by atoms with Crippen molar-refractivity contribution in [1.29, 1.82) is 0 Å². The molecule has 4 heteroatoms. The van der Waals surface area contributed by atoms with Crippen LogP contribution in [-0.2, 0) is 4.74 Å². The topological polar surface area (TPSA) is 21.6 Å². The van der Waals surface area contributed by atoms with E-state index in [0.29, 0.717) is 19.8 Å². The van der Waals surface area contributed by atoms with E-state index < -0.39 is 0 Å². The molecule has 1 aromatic rings. The molecule has 0 bridgehead atoms. The third-order valence-corrected chi connectivity index (χ3v) is 5.07. The number of hydrogen-bond donors (Lipinski definition) is 0. The summed E-state index contributed by atoms with van der Waals surface area (Å²) in [5.74, 6) is 0.789. The molecule has 0 spiro atoms. The van der Waals surface area contributed by atoms with Gasteiger partial charge in [0.15, 0.2) is 0 Å². The van der Waals surface area contributed by atoms with Crippen LogP contribution >= 0.6 is 14.1 Å². The molecule has 0 aliphatic carbocycles. The Morgan fingerprint density at radius 3 is 2.73 bits per heavy atom. The average molecular weight is 333 g/mol. The molecule has 0 N–H and O–H groups in total. The minimum absolute atomic E-state index is 0.0816. The zero-order valence-electron chi connectivity index (χ0n) is 8.66. The van der Waals surface area contributed by atoms with Crippen molar-refractivity contribution in [2.24, 2.45) is 4.99 Å². The Morgan fingerprint density at radius 2 is 2.13 bits per heavy atom. The normalized spacial score (nSPS) is 18.5. The molecule has 1 aliphatic heterocycles. The van der Waals surface area contributed by atoms with Crippen LogP contribution in [0.2, 0.25) is 0 Å². The van der Waals surface area contributed by atoms with Gasteiger partial charge in [-0.1, -0.05) is 0 Å². The van der Waals surface area contributed by atoms with E-state index in [1.807, 2.05) is 12.1 Å². The summed E-state index contributed by atoms with van der Waals surface area (Å²) in [6.07, 6.45) is 0. The molecular formula is C11H12BrNOSe. The molecule has 2 rings (SSSR count). The van der Waals surface area contributed by atoms with E-state index in [9.17, 15) is 0 Å². The van der Waals surface area contributed by atoms with Crippen LogP contribution < -0.4 is 4.46 Å². The van der Waals surface area contributed by atoms with Gasteiger partial charge in [-0.25, -0.2) is 0 Å². The third kappa shape index (κ3) is 2.44. The Kier molecular flexibility index (Phi) is 3.19. The molecule has 15 heavy (non-hydrogen) atoms. The van der Waals surface area contributed by atoms with Crippen molar-refractivity contribution in [1.82, 2.24) is 0 Å². The number of nitrogens with zero attached hydrogens (tertiary/aromatic N) is 1. The Balaban J connectivity index is 2.39. The van der Waals surface area contributed by atoms with Gasteiger partial charge in [0.2, 0.25) is 0 Å². The first-order valence-electron chi connectivity index (χ1n) is 4.73. The van der Waals surface area contributed by atoms with Crippen LogP contribution in [0.25, 0.3) is 0 Å². The number of ether oxygens (including phenoxy) is 1. The molecule has 0 saturated carbocycles. The van der Waals surface area contributed by atoms with E-state index in [1.54, 1.807) is 0 Å². The van der Waals surface area contributed by atoms with Gasteiger partial charge in [-0.2, -0.15) is 0 Å². The number of benzene rings is 1. The second-order valence-electron chi connectivity index (χ2n) is 4.09. The summed E-state index contributed by atoms with van der Waals surface area (Å²) in [5.41, 5.74) is 1.04. The molecule has 0 fully saturated rings. The van der Waals surface area contributed by atoms with Crippen molar-refractivity contribution in [2.45, 2.75) is 19.4 Å². The van der Waals surface area contributed by atoms with Gasteiger partial charge in [0.1, 0.15) is 0 Å². The van der Waals surface area contributed by atoms with Gasteiger partial charge in [-0.05, 0) is 0 Å². The van der Waals surface area contributed by atoms with E-state index >= 15 is 0 Å². The molecule has 0 unspecified atom stereocenters. The minimum atomic E-state index is -0.0816. The zero-order valence-corrected chi connectivity index (χ0v) is 12.0. The SMILES string of the molecule is CC1(C)COC(c2ccccc2[Se]Br)=N1. The third-order valence-electron chi connectivity index (χ3n) is 2.17. The Labute approximate surface area is 103 Å². The zero-order chi connectivity index (χ0) is 10.9. The van der Waals surface area contributed by atoms with Gasteiger partial charge in [0.05, 0.1) is 0 Å². The Morgan fingerprint density at radius 1 is 1.40 bits per heavy atom. The van der Waals surface area contributed by atoms with Crippen LogP contribution in [0.4, 0.5) is 0 Å². The van der Waals surface area contributed by atoms with E-state index in [4.69, 9.17) is 4.74 Å². The molecule has 0 atom stereocenters. The predicted molar refractivity (Wildman–Crippen MR) is 67.3 cm³/mol. The van der Waals surface area contributed by atoms with Crippen LogP contribution in [0.1, 0.15) is 19.4 Å². The van der Waals surface area contributed by atoms with Crippen LogP contribution in [0.15, 0.2) is 29.3 Å². The molecule has 1 heterocycles. The fourth-order valence-electron chi connectivity index (χ4n) is 1.43. The molecule has 0 aromatic heterocycles. The van der Waals surface area contributed by atoms with Crippen molar-refractivity contribution in [3.05, 3.63) is 29.8 Å². The number of aliphatic imine (C=N–C) groups is 1. The summed E-state index contributed by atoms with van der Waals surface area (Å²) in [6.45, 7) is 4.84. The summed E-state index contributed by atoms with van der Waals surface area (Å²) >= 11 is 3.83. The average Bonchev–Trinajstić information content (AvgIpc) is 2.59. The summed E-state index contributed by atoms with van der Waals surface area (Å²) in [6, 6.07) is 8.25. The molecule has 1 aliphatic rings. The van der Waals surface area contributed by atoms with E-state index in [1.165, 1.54) is 4.46 Å². The van der Waals surface area contributed by atoms with Crippen LogP contribution in [0.5, 0.6) is 0 Å². The predicted octanol–water partition coefficient (Wildman–Crippen LogP) is 1.88. The van der Waals surface area contributed by atoms with Crippen molar-refractivity contribution in [2.75, 3.05) is 6.61 Å². The van der Waals surface area contributed by atoms with Crippen molar-refractivity contribution >= 4 is 37.6 Å². The molecule has 0 saturated heterocycles. The van der Waals surface area contributed by atoms with Crippen molar-refractivity contribution < 1.29 is 4.74 Å². The maximum absolute atomic E-state index is 5.64. The number of halogens is 1. The fraction of sp³-hybridized carbons (Fsp3) is 0.364. The second kappa shape index (κ2) is 4.28. The van der Waals surface area contributed by atoms with Gasteiger partial charge in [-0.3, -0.25) is 0 Å². The fourth-order valence-corrected chi connectivity index (χ4v) is 3.67. The monoisotopic (exact) mass is 333 g/mol.